The molecule has 0 aliphatic heterocycles. The lowest BCUT2D eigenvalue weighted by molar-refractivity contribution is 0.0659. The Hall–Kier alpha value is -2.04. The smallest absolute Gasteiger partial charge is 0.371 e. The largest absolute Gasteiger partial charge is 0.475 e. The quantitative estimate of drug-likeness (QED) is 0.800. The first-order valence-electron chi connectivity index (χ1n) is 5.93. The van der Waals surface area contributed by atoms with E-state index in [2.05, 4.69) is 17.5 Å². The van der Waals surface area contributed by atoms with Crippen LogP contribution in [0.4, 0.5) is 0 Å². The molecule has 2 N–H and O–H groups in total. The van der Waals surface area contributed by atoms with Crippen LogP contribution in [0.2, 0.25) is 0 Å². The highest BCUT2D eigenvalue weighted by Crippen LogP contribution is 2.17. The van der Waals surface area contributed by atoms with Crippen LogP contribution in [0, 0.1) is 5.92 Å². The van der Waals surface area contributed by atoms with Crippen molar-refractivity contribution in [3.8, 4) is 0 Å². The Morgan fingerprint density at radius 1 is 1.33 bits per heavy atom. The summed E-state index contributed by atoms with van der Waals surface area (Å²) in [6.07, 6.45) is 7.35. The first-order chi connectivity index (χ1) is 8.66. The van der Waals surface area contributed by atoms with E-state index >= 15 is 0 Å². The summed E-state index contributed by atoms with van der Waals surface area (Å²) in [4.78, 5) is 22.3. The van der Waals surface area contributed by atoms with Gasteiger partial charge in [0.2, 0.25) is 5.76 Å². The van der Waals surface area contributed by atoms with Crippen molar-refractivity contribution in [3.05, 3.63) is 35.8 Å². The second-order valence-corrected chi connectivity index (χ2v) is 4.33. The van der Waals surface area contributed by atoms with Crippen molar-refractivity contribution in [2.45, 2.75) is 19.3 Å². The number of nitrogens with one attached hydrogen (secondary N) is 1. The molecule has 18 heavy (non-hydrogen) atoms. The Morgan fingerprint density at radius 3 is 2.72 bits per heavy atom. The monoisotopic (exact) mass is 249 g/mol. The number of hydrogen-bond acceptors (Lipinski definition) is 3. The van der Waals surface area contributed by atoms with Gasteiger partial charge in [-0.05, 0) is 37.3 Å². The number of furan rings is 1. The maximum Gasteiger partial charge on any atom is 0.371 e. The minimum atomic E-state index is -1.17. The minimum Gasteiger partial charge on any atom is -0.475 e. The van der Waals surface area contributed by atoms with Crippen molar-refractivity contribution in [2.24, 2.45) is 5.92 Å². The number of carbonyl (C=O) groups is 2. The number of hydrogen-bond donors (Lipinski definition) is 2. The van der Waals surface area contributed by atoms with Gasteiger partial charge in [0, 0.05) is 6.54 Å². The molecule has 1 aliphatic rings. The highest BCUT2D eigenvalue weighted by atomic mass is 16.4. The van der Waals surface area contributed by atoms with Gasteiger partial charge in [-0.15, -0.1) is 0 Å². The summed E-state index contributed by atoms with van der Waals surface area (Å²) in [6.45, 7) is 0.590. The average molecular weight is 249 g/mol. The molecule has 1 unspecified atom stereocenters. The summed E-state index contributed by atoms with van der Waals surface area (Å²) in [5.74, 6) is -1.27. The lowest BCUT2D eigenvalue weighted by atomic mass is 9.94. The summed E-state index contributed by atoms with van der Waals surface area (Å²) in [5, 5.41) is 11.4. The van der Waals surface area contributed by atoms with Crippen LogP contribution in [-0.4, -0.2) is 23.5 Å². The highest BCUT2D eigenvalue weighted by Gasteiger charge is 2.16. The normalized spacial score (nSPS) is 18.6. The van der Waals surface area contributed by atoms with E-state index in [-0.39, 0.29) is 17.4 Å². The van der Waals surface area contributed by atoms with Gasteiger partial charge in [-0.25, -0.2) is 4.79 Å². The molecule has 0 spiro atoms. The van der Waals surface area contributed by atoms with Crippen LogP contribution in [-0.2, 0) is 0 Å². The van der Waals surface area contributed by atoms with Crippen molar-refractivity contribution in [2.75, 3.05) is 6.54 Å². The second-order valence-electron chi connectivity index (χ2n) is 4.33. The summed E-state index contributed by atoms with van der Waals surface area (Å²) < 4.78 is 4.92. The number of amides is 1. The first-order valence-corrected chi connectivity index (χ1v) is 5.93. The van der Waals surface area contributed by atoms with Gasteiger partial charge >= 0.3 is 5.97 Å². The maximum absolute atomic E-state index is 11.7. The number of carbonyl (C=O) groups excluding carboxylic acids is 1. The van der Waals surface area contributed by atoms with Gasteiger partial charge in [0.05, 0.1) is 0 Å². The molecule has 1 aliphatic carbocycles. The zero-order valence-corrected chi connectivity index (χ0v) is 9.89. The van der Waals surface area contributed by atoms with E-state index in [1.165, 1.54) is 12.1 Å². The third-order valence-corrected chi connectivity index (χ3v) is 2.97. The van der Waals surface area contributed by atoms with Gasteiger partial charge < -0.3 is 14.8 Å². The van der Waals surface area contributed by atoms with Crippen LogP contribution in [0.25, 0.3) is 0 Å². The molecule has 1 heterocycles. The number of aromatic carboxylic acids is 1. The van der Waals surface area contributed by atoms with Crippen LogP contribution < -0.4 is 5.32 Å². The molecular formula is C13H15NO4. The Bertz CT molecular complexity index is 475. The third kappa shape index (κ3) is 3.00. The zero-order chi connectivity index (χ0) is 13.0. The molecule has 1 amide bonds. The summed E-state index contributed by atoms with van der Waals surface area (Å²) in [5.41, 5.74) is 0. The molecule has 5 heteroatoms. The molecule has 1 aromatic heterocycles. The lowest BCUT2D eigenvalue weighted by Crippen LogP contribution is -2.29. The van der Waals surface area contributed by atoms with Gasteiger partial charge in [-0.2, -0.15) is 0 Å². The van der Waals surface area contributed by atoms with E-state index in [0.29, 0.717) is 12.5 Å². The van der Waals surface area contributed by atoms with Crippen molar-refractivity contribution >= 4 is 11.9 Å². The number of carboxylic acid groups (broad SMARTS) is 1. The molecule has 0 saturated heterocycles. The molecule has 1 aromatic rings. The van der Waals surface area contributed by atoms with E-state index in [9.17, 15) is 9.59 Å². The summed E-state index contributed by atoms with van der Waals surface area (Å²) >= 11 is 0. The van der Waals surface area contributed by atoms with E-state index in [1.807, 2.05) is 0 Å². The molecule has 0 radical (unpaired) electrons. The van der Waals surface area contributed by atoms with E-state index < -0.39 is 5.97 Å². The van der Waals surface area contributed by atoms with E-state index in [1.54, 1.807) is 0 Å². The Kier molecular flexibility index (Phi) is 3.82. The molecule has 0 fully saturated rings. The van der Waals surface area contributed by atoms with Crippen LogP contribution in [0.1, 0.15) is 40.4 Å². The summed E-state index contributed by atoms with van der Waals surface area (Å²) in [7, 11) is 0. The van der Waals surface area contributed by atoms with Gasteiger partial charge in [0.25, 0.3) is 5.91 Å². The molecule has 0 saturated carbocycles. The molecule has 96 valence electrons. The first kappa shape index (κ1) is 12.4. The fourth-order valence-corrected chi connectivity index (χ4v) is 1.94. The molecule has 0 aromatic carbocycles. The van der Waals surface area contributed by atoms with Crippen LogP contribution >= 0.6 is 0 Å². The van der Waals surface area contributed by atoms with Crippen LogP contribution in [0.3, 0.4) is 0 Å². The summed E-state index contributed by atoms with van der Waals surface area (Å²) in [6, 6.07) is 2.65. The highest BCUT2D eigenvalue weighted by molar-refractivity contribution is 5.93. The zero-order valence-electron chi connectivity index (χ0n) is 9.89. The molecule has 5 nitrogen and oxygen atoms in total. The van der Waals surface area contributed by atoms with Crippen molar-refractivity contribution in [1.82, 2.24) is 5.32 Å². The predicted octanol–water partition coefficient (Wildman–Crippen LogP) is 2.06. The van der Waals surface area contributed by atoms with Crippen molar-refractivity contribution < 1.29 is 19.1 Å². The SMILES string of the molecule is O=C(O)c1ccc(C(=O)NCC2CC=CCC2)o1. The van der Waals surface area contributed by atoms with E-state index in [0.717, 1.165) is 19.3 Å². The molecule has 0 bridgehead atoms. The fraction of sp³-hybridized carbons (Fsp3) is 0.385. The third-order valence-electron chi connectivity index (χ3n) is 2.97. The Labute approximate surface area is 104 Å². The standard InChI is InChI=1S/C13H15NO4/c15-12(10-6-7-11(18-10)13(16)17)14-8-9-4-2-1-3-5-9/h1-2,6-7,9H,3-5,8H2,(H,14,15)(H,16,17). The Balaban J connectivity index is 1.87. The van der Waals surface area contributed by atoms with E-state index in [4.69, 9.17) is 9.52 Å². The van der Waals surface area contributed by atoms with Crippen molar-refractivity contribution in [3.63, 3.8) is 0 Å². The van der Waals surface area contributed by atoms with Gasteiger partial charge in [-0.1, -0.05) is 12.2 Å². The van der Waals surface area contributed by atoms with Crippen LogP contribution in [0.5, 0.6) is 0 Å². The van der Waals surface area contributed by atoms with Gasteiger partial charge in [-0.3, -0.25) is 4.79 Å². The Morgan fingerprint density at radius 2 is 2.11 bits per heavy atom. The molecule has 1 atom stereocenters. The predicted molar refractivity (Wildman–Crippen MR) is 64.5 cm³/mol. The molecular weight excluding hydrogens is 234 g/mol. The fourth-order valence-electron chi connectivity index (χ4n) is 1.94. The second kappa shape index (κ2) is 5.53. The number of rotatable bonds is 4. The molecule has 2 rings (SSSR count). The van der Waals surface area contributed by atoms with Gasteiger partial charge in [0.15, 0.2) is 5.76 Å². The average Bonchev–Trinajstić information content (AvgIpc) is 2.87. The maximum atomic E-state index is 11.7. The van der Waals surface area contributed by atoms with Crippen molar-refractivity contribution in [1.29, 1.82) is 0 Å². The topological polar surface area (TPSA) is 79.5 Å². The number of carboxylic acids is 1. The number of allylic oxidation sites excluding steroid dienone is 2. The minimum absolute atomic E-state index is 0.0405. The van der Waals surface area contributed by atoms with Crippen LogP contribution in [0.15, 0.2) is 28.7 Å². The lowest BCUT2D eigenvalue weighted by Gasteiger charge is -2.17. The van der Waals surface area contributed by atoms with Gasteiger partial charge in [0.1, 0.15) is 0 Å².